The molecule has 118 valence electrons. The Balaban J connectivity index is 0.000000235. The third-order valence-electron chi connectivity index (χ3n) is 2.21. The van der Waals surface area contributed by atoms with E-state index in [1.807, 2.05) is 0 Å². The third-order valence-corrected chi connectivity index (χ3v) is 3.08. The number of aliphatic hydroxyl groups is 1. The van der Waals surface area contributed by atoms with Crippen molar-refractivity contribution in [3.8, 4) is 0 Å². The molecule has 0 radical (unpaired) electrons. The summed E-state index contributed by atoms with van der Waals surface area (Å²) in [6.45, 7) is 0. The van der Waals surface area contributed by atoms with E-state index in [1.165, 1.54) is 18.5 Å². The minimum absolute atomic E-state index is 0.276. The molecule has 0 aliphatic carbocycles. The molecule has 1 unspecified atom stereocenters. The summed E-state index contributed by atoms with van der Waals surface area (Å²) in [5.41, 5.74) is 0.311. The summed E-state index contributed by atoms with van der Waals surface area (Å²) in [7, 11) is 0. The van der Waals surface area contributed by atoms with E-state index >= 15 is 0 Å². The van der Waals surface area contributed by atoms with Crippen LogP contribution in [-0.2, 0) is 0 Å². The maximum atomic E-state index is 12.0. The molecule has 0 amide bonds. The lowest BCUT2D eigenvalue weighted by Crippen LogP contribution is -2.20. The van der Waals surface area contributed by atoms with Crippen molar-refractivity contribution in [1.82, 2.24) is 9.97 Å². The van der Waals surface area contributed by atoms with Crippen LogP contribution in [0.15, 0.2) is 45.9 Å². The average molecular weight is 442 g/mol. The fourth-order valence-corrected chi connectivity index (χ4v) is 2.02. The lowest BCUT2D eigenvalue weighted by Gasteiger charge is -2.14. The molecule has 1 N–H and O–H groups in total. The van der Waals surface area contributed by atoms with Gasteiger partial charge in [-0.2, -0.15) is 13.2 Å². The minimum Gasteiger partial charge on any atom is -0.379 e. The Morgan fingerprint density at radius 3 is 2.00 bits per heavy atom. The van der Waals surface area contributed by atoms with E-state index in [-0.39, 0.29) is 5.56 Å². The first-order valence-corrected chi connectivity index (χ1v) is 7.23. The molecule has 22 heavy (non-hydrogen) atoms. The Morgan fingerprint density at radius 2 is 1.59 bits per heavy atom. The number of alkyl halides is 3. The lowest BCUT2D eigenvalue weighted by molar-refractivity contribution is -0.206. The van der Waals surface area contributed by atoms with Crippen LogP contribution >= 0.6 is 31.9 Å². The summed E-state index contributed by atoms with van der Waals surface area (Å²) in [6.07, 6.45) is -0.905. The largest absolute Gasteiger partial charge is 0.418 e. The number of carbonyl (C=O) groups excluding carboxylic acids is 1. The number of rotatable bonds is 2. The topological polar surface area (TPSA) is 63.1 Å². The maximum Gasteiger partial charge on any atom is 0.418 e. The summed E-state index contributed by atoms with van der Waals surface area (Å²) >= 11 is 6.14. The van der Waals surface area contributed by atoms with Gasteiger partial charge in [-0.15, -0.1) is 0 Å². The van der Waals surface area contributed by atoms with Gasteiger partial charge in [-0.3, -0.25) is 14.8 Å². The van der Waals surface area contributed by atoms with Crippen LogP contribution in [0.2, 0.25) is 0 Å². The Morgan fingerprint density at radius 1 is 1.05 bits per heavy atom. The number of aldehydes is 1. The van der Waals surface area contributed by atoms with Gasteiger partial charge in [0.25, 0.3) is 0 Å². The van der Waals surface area contributed by atoms with E-state index < -0.39 is 12.3 Å². The fraction of sp³-hybridized carbons (Fsp3) is 0.154. The zero-order valence-electron chi connectivity index (χ0n) is 10.8. The molecule has 9 heteroatoms. The first-order valence-electron chi connectivity index (χ1n) is 5.65. The van der Waals surface area contributed by atoms with Crippen LogP contribution in [0.25, 0.3) is 0 Å². The maximum absolute atomic E-state index is 12.0. The van der Waals surface area contributed by atoms with Crippen LogP contribution in [0.1, 0.15) is 22.0 Å². The normalized spacial score (nSPS) is 12.1. The number of carbonyl (C=O) groups is 1. The van der Waals surface area contributed by atoms with Crippen LogP contribution in [0.4, 0.5) is 13.2 Å². The first kappa shape index (κ1) is 18.7. The standard InChI is InChI=1S/C7H5BrF3NO.C6H4BrNO/c8-5-1-4(2-12-3-5)6(13)7(9,10)11;7-6-1-5(4-9)2-8-3-6/h1-3,6,13H;1-4H. The first-order chi connectivity index (χ1) is 10.2. The number of hydrogen-bond acceptors (Lipinski definition) is 4. The quantitative estimate of drug-likeness (QED) is 0.712. The van der Waals surface area contributed by atoms with Crippen LogP contribution in [0, 0.1) is 0 Å². The molecular formula is C13H9Br2F3N2O2. The number of aromatic nitrogens is 2. The van der Waals surface area contributed by atoms with E-state index in [4.69, 9.17) is 5.11 Å². The molecule has 0 bridgehead atoms. The minimum atomic E-state index is -4.65. The second kappa shape index (κ2) is 8.35. The molecule has 0 aliphatic heterocycles. The molecule has 0 aliphatic rings. The summed E-state index contributed by atoms with van der Waals surface area (Å²) < 4.78 is 37.1. The summed E-state index contributed by atoms with van der Waals surface area (Å²) in [4.78, 5) is 17.4. The highest BCUT2D eigenvalue weighted by molar-refractivity contribution is 9.10. The van der Waals surface area contributed by atoms with Gasteiger partial charge in [0.15, 0.2) is 12.4 Å². The van der Waals surface area contributed by atoms with Gasteiger partial charge in [0.2, 0.25) is 0 Å². The SMILES string of the molecule is O=Cc1cncc(Br)c1.OC(c1cncc(Br)c1)C(F)(F)F. The van der Waals surface area contributed by atoms with Gasteiger partial charge >= 0.3 is 6.18 Å². The molecule has 2 heterocycles. The Bertz CT molecular complexity index is 639. The van der Waals surface area contributed by atoms with Crippen molar-refractivity contribution in [3.05, 3.63) is 57.0 Å². The molecule has 0 saturated carbocycles. The van der Waals surface area contributed by atoms with Gasteiger partial charge in [-0.25, -0.2) is 0 Å². The number of hydrogen-bond donors (Lipinski definition) is 1. The van der Waals surface area contributed by atoms with Gasteiger partial charge < -0.3 is 5.11 Å². The van der Waals surface area contributed by atoms with Crippen molar-refractivity contribution in [2.24, 2.45) is 0 Å². The second-order valence-electron chi connectivity index (χ2n) is 3.93. The van der Waals surface area contributed by atoms with Crippen LogP contribution < -0.4 is 0 Å². The molecule has 2 aromatic heterocycles. The van der Waals surface area contributed by atoms with E-state index in [9.17, 15) is 18.0 Å². The molecule has 0 spiro atoms. The highest BCUT2D eigenvalue weighted by atomic mass is 79.9. The Labute approximate surface area is 140 Å². The Kier molecular flexibility index (Phi) is 7.11. The molecular weight excluding hydrogens is 433 g/mol. The fourth-order valence-electron chi connectivity index (χ4n) is 1.26. The molecule has 0 saturated heterocycles. The van der Waals surface area contributed by atoms with Crippen molar-refractivity contribution in [1.29, 1.82) is 0 Å². The summed E-state index contributed by atoms with van der Waals surface area (Å²) in [5.74, 6) is 0. The highest BCUT2D eigenvalue weighted by Crippen LogP contribution is 2.32. The lowest BCUT2D eigenvalue weighted by atomic mass is 10.1. The number of halogens is 5. The van der Waals surface area contributed by atoms with Crippen LogP contribution in [-0.4, -0.2) is 27.5 Å². The molecule has 2 aromatic rings. The predicted molar refractivity (Wildman–Crippen MR) is 80.3 cm³/mol. The van der Waals surface area contributed by atoms with Gasteiger partial charge in [0, 0.05) is 44.9 Å². The highest BCUT2D eigenvalue weighted by Gasteiger charge is 2.39. The van der Waals surface area contributed by atoms with Gasteiger partial charge in [0.1, 0.15) is 0 Å². The van der Waals surface area contributed by atoms with Crippen molar-refractivity contribution in [2.45, 2.75) is 12.3 Å². The van der Waals surface area contributed by atoms with E-state index in [0.29, 0.717) is 10.0 Å². The molecule has 1 atom stereocenters. The van der Waals surface area contributed by atoms with E-state index in [0.717, 1.165) is 17.0 Å². The van der Waals surface area contributed by atoms with Crippen molar-refractivity contribution in [3.63, 3.8) is 0 Å². The second-order valence-corrected chi connectivity index (χ2v) is 5.77. The molecule has 0 fully saturated rings. The third kappa shape index (κ3) is 6.20. The van der Waals surface area contributed by atoms with Gasteiger partial charge in [-0.1, -0.05) is 0 Å². The van der Waals surface area contributed by atoms with Crippen LogP contribution in [0.3, 0.4) is 0 Å². The van der Waals surface area contributed by atoms with Crippen molar-refractivity contribution >= 4 is 38.1 Å². The van der Waals surface area contributed by atoms with Crippen LogP contribution in [0.5, 0.6) is 0 Å². The summed E-state index contributed by atoms with van der Waals surface area (Å²) in [5, 5.41) is 8.80. The average Bonchev–Trinajstić information content (AvgIpc) is 2.46. The predicted octanol–water partition coefficient (Wildman–Crippen LogP) is 4.10. The monoisotopic (exact) mass is 440 g/mol. The Hall–Kier alpha value is -1.32. The number of nitrogens with zero attached hydrogens (tertiary/aromatic N) is 2. The zero-order chi connectivity index (χ0) is 16.8. The van der Waals surface area contributed by atoms with Gasteiger partial charge in [-0.05, 0) is 44.0 Å². The summed E-state index contributed by atoms with van der Waals surface area (Å²) in [6, 6.07) is 2.88. The number of aliphatic hydroxyl groups excluding tert-OH is 1. The van der Waals surface area contributed by atoms with E-state index in [2.05, 4.69) is 41.8 Å². The number of pyridine rings is 2. The molecule has 2 rings (SSSR count). The molecule has 0 aromatic carbocycles. The van der Waals surface area contributed by atoms with Gasteiger partial charge in [0.05, 0.1) is 0 Å². The van der Waals surface area contributed by atoms with Crippen molar-refractivity contribution in [2.75, 3.05) is 0 Å². The smallest absolute Gasteiger partial charge is 0.379 e. The zero-order valence-corrected chi connectivity index (χ0v) is 13.9. The molecule has 4 nitrogen and oxygen atoms in total. The van der Waals surface area contributed by atoms with E-state index in [1.54, 1.807) is 12.3 Å². The van der Waals surface area contributed by atoms with Crippen molar-refractivity contribution < 1.29 is 23.1 Å².